The lowest BCUT2D eigenvalue weighted by Gasteiger charge is -2.08. The van der Waals surface area contributed by atoms with Gasteiger partial charge in [-0.3, -0.25) is 5.21 Å². The molecule has 0 spiro atoms. The number of thioether (sulfide) groups is 1. The van der Waals surface area contributed by atoms with E-state index >= 15 is 0 Å². The molecule has 8 nitrogen and oxygen atoms in total. The smallest absolute Gasteiger partial charge is 0.238 e. The summed E-state index contributed by atoms with van der Waals surface area (Å²) in [4.78, 5) is 4.42. The van der Waals surface area contributed by atoms with Crippen LogP contribution >= 0.6 is 24.0 Å². The molecule has 0 bridgehead atoms. The van der Waals surface area contributed by atoms with Gasteiger partial charge in [-0.25, -0.2) is 28.0 Å². The van der Waals surface area contributed by atoms with Crippen LogP contribution in [0.3, 0.4) is 0 Å². The Morgan fingerprint density at radius 3 is 2.55 bits per heavy atom. The summed E-state index contributed by atoms with van der Waals surface area (Å²) in [6.45, 7) is 0. The number of hydrogen-bond donors (Lipinski definition) is 2. The summed E-state index contributed by atoms with van der Waals surface area (Å²) in [6, 6.07) is 10.2. The molecule has 0 aliphatic rings. The lowest BCUT2D eigenvalue weighted by Crippen LogP contribution is -2.17. The number of nitrogens with zero attached hydrogens (tertiary/aromatic N) is 2. The maximum atomic E-state index is 14.3. The van der Waals surface area contributed by atoms with Crippen LogP contribution in [0, 0.1) is 5.82 Å². The van der Waals surface area contributed by atoms with E-state index in [0.717, 1.165) is 5.06 Å². The van der Waals surface area contributed by atoms with Crippen LogP contribution in [0.15, 0.2) is 57.9 Å². The molecule has 1 heterocycles. The zero-order valence-corrected chi connectivity index (χ0v) is 20.0. The Hall–Kier alpha value is -2.77. The zero-order valence-electron chi connectivity index (χ0n) is 17.6. The Morgan fingerprint density at radius 2 is 1.97 bits per heavy atom. The van der Waals surface area contributed by atoms with Crippen LogP contribution in [0.25, 0.3) is 28.7 Å². The topological polar surface area (TPSA) is 119 Å². The normalized spacial score (nSPS) is 11.7. The highest BCUT2D eigenvalue weighted by atomic mass is 32.2. The zero-order chi connectivity index (χ0) is 24.2. The number of oxazole rings is 1. The van der Waals surface area contributed by atoms with Crippen LogP contribution in [0.1, 0.15) is 5.89 Å². The lowest BCUT2D eigenvalue weighted by molar-refractivity contribution is 0.0205. The van der Waals surface area contributed by atoms with Crippen molar-refractivity contribution in [2.75, 3.05) is 19.9 Å². The second-order valence-electron chi connectivity index (χ2n) is 6.65. The molecule has 0 saturated heterocycles. The third-order valence-electron chi connectivity index (χ3n) is 4.34. The second-order valence-corrected chi connectivity index (χ2v) is 9.87. The number of hydroxylamine groups is 2. The predicted molar refractivity (Wildman–Crippen MR) is 129 cm³/mol. The van der Waals surface area contributed by atoms with E-state index in [9.17, 15) is 18.0 Å². The molecule has 33 heavy (non-hydrogen) atoms. The number of sulfonamides is 1. The van der Waals surface area contributed by atoms with E-state index in [1.165, 1.54) is 62.3 Å². The van der Waals surface area contributed by atoms with Crippen LogP contribution in [-0.2, 0) is 10.0 Å². The van der Waals surface area contributed by atoms with Gasteiger partial charge in [-0.05, 0) is 48.5 Å². The summed E-state index contributed by atoms with van der Waals surface area (Å²) in [5.74, 6) is 0.540. The highest BCUT2D eigenvalue weighted by Gasteiger charge is 2.18. The van der Waals surface area contributed by atoms with Gasteiger partial charge in [-0.15, -0.1) is 0 Å². The first-order valence-corrected chi connectivity index (χ1v) is 12.3. The van der Waals surface area contributed by atoms with Crippen molar-refractivity contribution in [3.05, 3.63) is 60.2 Å². The summed E-state index contributed by atoms with van der Waals surface area (Å²) >= 11 is 6.23. The van der Waals surface area contributed by atoms with E-state index in [1.807, 2.05) is 0 Å². The molecule has 0 unspecified atom stereocenters. The largest absolute Gasteiger partial charge is 0.494 e. The average molecular weight is 510 g/mol. The molecular formula is C21H20FN3O5S3. The molecule has 3 rings (SSSR count). The van der Waals surface area contributed by atoms with E-state index in [0.29, 0.717) is 32.7 Å². The van der Waals surface area contributed by atoms with E-state index in [2.05, 4.69) is 4.98 Å². The molecule has 174 valence electrons. The summed E-state index contributed by atoms with van der Waals surface area (Å²) in [5.41, 5.74) is 1.33. The minimum atomic E-state index is -3.86. The number of primary sulfonamides is 1. The van der Waals surface area contributed by atoms with E-state index in [4.69, 9.17) is 26.5 Å². The van der Waals surface area contributed by atoms with Crippen LogP contribution in [0.5, 0.6) is 5.75 Å². The first-order chi connectivity index (χ1) is 15.6. The number of hydrogen-bond acceptors (Lipinski definition) is 8. The maximum absolute atomic E-state index is 14.3. The predicted octanol–water partition coefficient (Wildman–Crippen LogP) is 4.16. The van der Waals surface area contributed by atoms with Gasteiger partial charge in [-0.2, -0.15) is 0 Å². The van der Waals surface area contributed by atoms with Crippen molar-refractivity contribution in [1.82, 2.24) is 10.0 Å². The van der Waals surface area contributed by atoms with Crippen molar-refractivity contribution in [3.63, 3.8) is 0 Å². The molecule has 0 radical (unpaired) electrons. The molecule has 3 aromatic rings. The summed E-state index contributed by atoms with van der Waals surface area (Å²) in [7, 11) is -1.06. The Labute approximate surface area is 199 Å². The highest BCUT2D eigenvalue weighted by molar-refractivity contribution is 8.22. The standard InChI is InChI=1S/C21H20FN3O5S3/c1-25(26)21(31)32-11-3-4-18-24-19(14-7-10-17(29-2)16(22)12-14)20(30-18)13-5-8-15(9-6-13)33(23,27)28/h3-10,12,26H,11H2,1-2H3,(H2,23,27,28). The summed E-state index contributed by atoms with van der Waals surface area (Å²) in [5, 5.41) is 15.3. The molecule has 3 N–H and O–H groups in total. The first-order valence-electron chi connectivity index (χ1n) is 9.34. The Kier molecular flexibility index (Phi) is 7.87. The van der Waals surface area contributed by atoms with Crippen LogP contribution in [-0.4, -0.2) is 47.9 Å². The number of nitrogens with two attached hydrogens (primary N) is 1. The van der Waals surface area contributed by atoms with Crippen molar-refractivity contribution < 1.29 is 27.2 Å². The quantitative estimate of drug-likeness (QED) is 0.357. The number of ether oxygens (including phenoxy) is 1. The molecule has 0 saturated carbocycles. The fourth-order valence-corrected chi connectivity index (χ4v) is 4.01. The van der Waals surface area contributed by atoms with Gasteiger partial charge in [-0.1, -0.05) is 30.1 Å². The van der Waals surface area contributed by atoms with Crippen LogP contribution < -0.4 is 9.88 Å². The molecule has 0 fully saturated rings. The second kappa shape index (κ2) is 10.4. The van der Waals surface area contributed by atoms with Gasteiger partial charge in [0.1, 0.15) is 5.69 Å². The third-order valence-corrected chi connectivity index (χ3v) is 6.76. The molecule has 0 aliphatic carbocycles. The first kappa shape index (κ1) is 24.9. The number of thiocarbonyl (C=S) groups is 1. The van der Waals surface area contributed by atoms with Gasteiger partial charge < -0.3 is 9.15 Å². The fourth-order valence-electron chi connectivity index (χ4n) is 2.77. The molecule has 0 aliphatic heterocycles. The van der Waals surface area contributed by atoms with E-state index in [-0.39, 0.29) is 16.5 Å². The van der Waals surface area contributed by atoms with Gasteiger partial charge in [0.15, 0.2) is 21.6 Å². The summed E-state index contributed by atoms with van der Waals surface area (Å²) in [6.07, 6.45) is 3.37. The van der Waals surface area contributed by atoms with Crippen molar-refractivity contribution in [2.45, 2.75) is 4.90 Å². The number of benzene rings is 2. The number of halogens is 1. The SMILES string of the molecule is COc1ccc(-c2nc(C=CCSC(=S)N(C)O)oc2-c2ccc(S(N)(=O)=O)cc2)cc1F. The van der Waals surface area contributed by atoms with Crippen molar-refractivity contribution in [3.8, 4) is 28.3 Å². The van der Waals surface area contributed by atoms with Crippen molar-refractivity contribution in [1.29, 1.82) is 0 Å². The summed E-state index contributed by atoms with van der Waals surface area (Å²) < 4.78 is 48.6. The Bertz CT molecular complexity index is 1290. The van der Waals surface area contributed by atoms with Gasteiger partial charge >= 0.3 is 0 Å². The third kappa shape index (κ3) is 6.18. The molecule has 0 atom stereocenters. The number of rotatable bonds is 7. The van der Waals surface area contributed by atoms with Crippen LogP contribution in [0.4, 0.5) is 4.39 Å². The fraction of sp³-hybridized carbons (Fsp3) is 0.143. The molecule has 0 amide bonds. The molecule has 2 aromatic carbocycles. The number of aromatic nitrogens is 1. The Morgan fingerprint density at radius 1 is 1.30 bits per heavy atom. The number of methoxy groups -OCH3 is 1. The van der Waals surface area contributed by atoms with Gasteiger partial charge in [0.05, 0.1) is 12.0 Å². The van der Waals surface area contributed by atoms with Gasteiger partial charge in [0, 0.05) is 23.9 Å². The lowest BCUT2D eigenvalue weighted by atomic mass is 10.1. The average Bonchev–Trinajstić information content (AvgIpc) is 3.20. The van der Waals surface area contributed by atoms with Crippen LogP contribution in [0.2, 0.25) is 0 Å². The van der Waals surface area contributed by atoms with Crippen molar-refractivity contribution >= 4 is 44.4 Å². The van der Waals surface area contributed by atoms with Gasteiger partial charge in [0.25, 0.3) is 0 Å². The van der Waals surface area contributed by atoms with E-state index < -0.39 is 15.8 Å². The molecule has 1 aromatic heterocycles. The highest BCUT2D eigenvalue weighted by Crippen LogP contribution is 2.35. The monoisotopic (exact) mass is 509 g/mol. The molecular weight excluding hydrogens is 489 g/mol. The minimum Gasteiger partial charge on any atom is -0.494 e. The van der Waals surface area contributed by atoms with E-state index in [1.54, 1.807) is 18.2 Å². The Balaban J connectivity index is 1.99. The molecule has 12 heteroatoms. The van der Waals surface area contributed by atoms with Crippen molar-refractivity contribution in [2.24, 2.45) is 5.14 Å². The maximum Gasteiger partial charge on any atom is 0.238 e. The van der Waals surface area contributed by atoms with Gasteiger partial charge in [0.2, 0.25) is 15.9 Å². The minimum absolute atomic E-state index is 0.0511.